The molecule has 2 N–H and O–H groups in total. The minimum Gasteiger partial charge on any atom is -0.479 e. The van der Waals surface area contributed by atoms with Crippen molar-refractivity contribution in [1.82, 2.24) is 9.97 Å². The second kappa shape index (κ2) is 3.33. The van der Waals surface area contributed by atoms with Crippen LogP contribution in [0.1, 0.15) is 10.5 Å². The van der Waals surface area contributed by atoms with Crippen molar-refractivity contribution in [3.63, 3.8) is 0 Å². The predicted molar refractivity (Wildman–Crippen MR) is 48.1 cm³/mol. The standard InChI is InChI=1S/C8H8N4O2/c9-7(13)6-1-2-10-8(11-6)12-3-4-14-5-12/h1-4H,5H2,(H2,9,13). The summed E-state index contributed by atoms with van der Waals surface area (Å²) in [5, 5.41) is 0. The van der Waals surface area contributed by atoms with Crippen molar-refractivity contribution in [2.24, 2.45) is 5.73 Å². The predicted octanol–water partition coefficient (Wildman–Crippen LogP) is -0.159. The first-order valence-corrected chi connectivity index (χ1v) is 3.95. The Bertz CT molecular complexity index is 391. The van der Waals surface area contributed by atoms with Crippen LogP contribution < -0.4 is 10.6 Å². The third kappa shape index (κ3) is 1.49. The Hall–Kier alpha value is -2.11. The van der Waals surface area contributed by atoms with E-state index in [1.54, 1.807) is 11.1 Å². The smallest absolute Gasteiger partial charge is 0.267 e. The summed E-state index contributed by atoms with van der Waals surface area (Å²) in [6, 6.07) is 1.46. The Morgan fingerprint density at radius 2 is 2.50 bits per heavy atom. The summed E-state index contributed by atoms with van der Waals surface area (Å²) in [5.41, 5.74) is 5.27. The van der Waals surface area contributed by atoms with E-state index in [1.807, 2.05) is 0 Å². The van der Waals surface area contributed by atoms with Gasteiger partial charge < -0.3 is 10.5 Å². The average molecular weight is 192 g/mol. The number of carbonyl (C=O) groups excluding carboxylic acids is 1. The molecule has 1 aromatic rings. The third-order valence-corrected chi connectivity index (χ3v) is 1.70. The fourth-order valence-electron chi connectivity index (χ4n) is 1.03. The normalized spacial score (nSPS) is 14.1. The van der Waals surface area contributed by atoms with Gasteiger partial charge in [0.05, 0.1) is 0 Å². The van der Waals surface area contributed by atoms with E-state index < -0.39 is 5.91 Å². The van der Waals surface area contributed by atoms with Crippen molar-refractivity contribution >= 4 is 11.9 Å². The number of rotatable bonds is 2. The van der Waals surface area contributed by atoms with Gasteiger partial charge in [-0.1, -0.05) is 0 Å². The minimum absolute atomic E-state index is 0.190. The molecule has 0 saturated carbocycles. The average Bonchev–Trinajstić information content (AvgIpc) is 2.71. The van der Waals surface area contributed by atoms with Crippen LogP contribution in [0, 0.1) is 0 Å². The fourth-order valence-corrected chi connectivity index (χ4v) is 1.03. The molecule has 2 heterocycles. The summed E-state index contributed by atoms with van der Waals surface area (Å²) >= 11 is 0. The third-order valence-electron chi connectivity index (χ3n) is 1.70. The van der Waals surface area contributed by atoms with Gasteiger partial charge in [-0.15, -0.1) is 0 Å². The van der Waals surface area contributed by atoms with Gasteiger partial charge in [0, 0.05) is 12.4 Å². The van der Waals surface area contributed by atoms with Crippen LogP contribution in [-0.2, 0) is 4.74 Å². The van der Waals surface area contributed by atoms with E-state index in [9.17, 15) is 4.79 Å². The molecule has 72 valence electrons. The molecule has 1 aliphatic rings. The van der Waals surface area contributed by atoms with Gasteiger partial charge in [0.25, 0.3) is 5.91 Å². The van der Waals surface area contributed by atoms with E-state index in [1.165, 1.54) is 18.5 Å². The number of nitrogens with zero attached hydrogens (tertiary/aromatic N) is 3. The Labute approximate surface area is 80.0 Å². The summed E-state index contributed by atoms with van der Waals surface area (Å²) in [6.07, 6.45) is 4.69. The second-order valence-corrected chi connectivity index (χ2v) is 2.66. The van der Waals surface area contributed by atoms with E-state index in [4.69, 9.17) is 10.5 Å². The first-order valence-electron chi connectivity index (χ1n) is 3.95. The Kier molecular flexibility index (Phi) is 2.02. The summed E-state index contributed by atoms with van der Waals surface area (Å²) in [7, 11) is 0. The number of aromatic nitrogens is 2. The molecule has 6 heteroatoms. The minimum atomic E-state index is -0.572. The second-order valence-electron chi connectivity index (χ2n) is 2.66. The molecular weight excluding hydrogens is 184 g/mol. The molecule has 0 saturated heterocycles. The lowest BCUT2D eigenvalue weighted by Crippen LogP contribution is -2.19. The molecule has 0 atom stereocenters. The Morgan fingerprint density at radius 3 is 3.14 bits per heavy atom. The van der Waals surface area contributed by atoms with Gasteiger partial charge in [-0.2, -0.15) is 0 Å². The summed E-state index contributed by atoms with van der Waals surface area (Å²) in [6.45, 7) is 0.349. The number of ether oxygens (including phenoxy) is 1. The zero-order valence-electron chi connectivity index (χ0n) is 7.25. The van der Waals surface area contributed by atoms with E-state index in [-0.39, 0.29) is 5.69 Å². The van der Waals surface area contributed by atoms with Crippen LogP contribution >= 0.6 is 0 Å². The van der Waals surface area contributed by atoms with Crippen LogP contribution in [-0.4, -0.2) is 22.6 Å². The zero-order chi connectivity index (χ0) is 9.97. The SMILES string of the molecule is NC(=O)c1ccnc(N2C=COC2)n1. The van der Waals surface area contributed by atoms with Crippen molar-refractivity contribution in [3.05, 3.63) is 30.4 Å². The van der Waals surface area contributed by atoms with Crippen LogP contribution in [0.4, 0.5) is 5.95 Å². The van der Waals surface area contributed by atoms with E-state index in [2.05, 4.69) is 9.97 Å². The lowest BCUT2D eigenvalue weighted by atomic mass is 10.4. The number of hydrogen-bond acceptors (Lipinski definition) is 5. The van der Waals surface area contributed by atoms with Gasteiger partial charge in [0.2, 0.25) is 5.95 Å². The Morgan fingerprint density at radius 1 is 1.64 bits per heavy atom. The molecule has 0 fully saturated rings. The highest BCUT2D eigenvalue weighted by Gasteiger charge is 2.12. The molecule has 0 aliphatic carbocycles. The molecular formula is C8H8N4O2. The first kappa shape index (κ1) is 8.49. The van der Waals surface area contributed by atoms with Gasteiger partial charge in [-0.3, -0.25) is 9.69 Å². The van der Waals surface area contributed by atoms with Crippen LogP contribution in [0.2, 0.25) is 0 Å². The first-order chi connectivity index (χ1) is 6.77. The molecule has 6 nitrogen and oxygen atoms in total. The lowest BCUT2D eigenvalue weighted by molar-refractivity contribution is 0.0995. The van der Waals surface area contributed by atoms with Crippen molar-refractivity contribution in [2.75, 3.05) is 11.6 Å². The molecule has 0 spiro atoms. The molecule has 0 unspecified atom stereocenters. The van der Waals surface area contributed by atoms with Crippen LogP contribution in [0.5, 0.6) is 0 Å². The number of primary amides is 1. The molecule has 0 aromatic carbocycles. The van der Waals surface area contributed by atoms with E-state index in [0.717, 1.165) is 0 Å². The highest BCUT2D eigenvalue weighted by molar-refractivity contribution is 5.90. The largest absolute Gasteiger partial charge is 0.479 e. The van der Waals surface area contributed by atoms with Crippen molar-refractivity contribution in [1.29, 1.82) is 0 Å². The Balaban J connectivity index is 2.30. The summed E-state index contributed by atoms with van der Waals surface area (Å²) in [5.74, 6) is -0.173. The van der Waals surface area contributed by atoms with Gasteiger partial charge >= 0.3 is 0 Å². The maximum atomic E-state index is 10.8. The van der Waals surface area contributed by atoms with Gasteiger partial charge in [-0.05, 0) is 6.07 Å². The molecule has 0 bridgehead atoms. The van der Waals surface area contributed by atoms with Crippen LogP contribution in [0.3, 0.4) is 0 Å². The maximum absolute atomic E-state index is 10.8. The summed E-state index contributed by atoms with van der Waals surface area (Å²) < 4.78 is 4.96. The molecule has 1 amide bonds. The topological polar surface area (TPSA) is 81.3 Å². The van der Waals surface area contributed by atoms with E-state index in [0.29, 0.717) is 12.7 Å². The number of amides is 1. The molecule has 0 radical (unpaired) electrons. The van der Waals surface area contributed by atoms with Gasteiger partial charge in [-0.25, -0.2) is 9.97 Å². The van der Waals surface area contributed by atoms with Gasteiger partial charge in [0.1, 0.15) is 12.0 Å². The highest BCUT2D eigenvalue weighted by Crippen LogP contribution is 2.11. The fraction of sp³-hybridized carbons (Fsp3) is 0.125. The number of anilines is 1. The van der Waals surface area contributed by atoms with Crippen molar-refractivity contribution < 1.29 is 9.53 Å². The molecule has 1 aromatic heterocycles. The molecule has 14 heavy (non-hydrogen) atoms. The number of carbonyl (C=O) groups is 1. The van der Waals surface area contributed by atoms with Crippen LogP contribution in [0.25, 0.3) is 0 Å². The summed E-state index contributed by atoms with van der Waals surface area (Å²) in [4.78, 5) is 20.4. The number of nitrogens with two attached hydrogens (primary N) is 1. The number of hydrogen-bond donors (Lipinski definition) is 1. The zero-order valence-corrected chi connectivity index (χ0v) is 7.25. The highest BCUT2D eigenvalue weighted by atomic mass is 16.5. The molecule has 1 aliphatic heterocycles. The lowest BCUT2D eigenvalue weighted by Gasteiger charge is -2.10. The van der Waals surface area contributed by atoms with Crippen LogP contribution in [0.15, 0.2) is 24.7 Å². The van der Waals surface area contributed by atoms with Crippen molar-refractivity contribution in [3.8, 4) is 0 Å². The van der Waals surface area contributed by atoms with Gasteiger partial charge in [0.15, 0.2) is 6.73 Å². The maximum Gasteiger partial charge on any atom is 0.267 e. The monoisotopic (exact) mass is 192 g/mol. The van der Waals surface area contributed by atoms with E-state index >= 15 is 0 Å². The molecule has 2 rings (SSSR count). The quantitative estimate of drug-likeness (QED) is 0.704. The van der Waals surface area contributed by atoms with Crippen molar-refractivity contribution in [2.45, 2.75) is 0 Å².